The van der Waals surface area contributed by atoms with Gasteiger partial charge in [0.1, 0.15) is 0 Å². The zero-order valence-corrected chi connectivity index (χ0v) is 14.6. The molecule has 2 aromatic rings. The molecule has 1 amide bonds. The molecule has 0 aliphatic carbocycles. The van der Waals surface area contributed by atoms with Crippen molar-refractivity contribution in [2.24, 2.45) is 0 Å². The van der Waals surface area contributed by atoms with Crippen LogP contribution in [0.3, 0.4) is 0 Å². The minimum absolute atomic E-state index is 0.159. The second-order valence-electron chi connectivity index (χ2n) is 5.66. The summed E-state index contributed by atoms with van der Waals surface area (Å²) in [5.74, 6) is -0.203. The molecule has 25 heavy (non-hydrogen) atoms. The van der Waals surface area contributed by atoms with Crippen LogP contribution >= 0.6 is 0 Å². The number of carbonyl (C=O) groups is 1. The number of nitro groups is 1. The molecule has 1 N–H and O–H groups in total. The van der Waals surface area contributed by atoms with Crippen molar-refractivity contribution < 1.29 is 14.5 Å². The molecule has 0 heterocycles. The molecule has 0 saturated heterocycles. The van der Waals surface area contributed by atoms with Crippen molar-refractivity contribution in [3.8, 4) is 5.75 Å². The molecule has 0 bridgehead atoms. The Morgan fingerprint density at radius 1 is 1.20 bits per heavy atom. The molecule has 132 valence electrons. The molecule has 6 heteroatoms. The van der Waals surface area contributed by atoms with E-state index in [0.717, 1.165) is 12.0 Å². The molecule has 2 aromatic carbocycles. The summed E-state index contributed by atoms with van der Waals surface area (Å²) < 4.78 is 5.23. The van der Waals surface area contributed by atoms with Crippen LogP contribution in [-0.2, 0) is 6.42 Å². The van der Waals surface area contributed by atoms with Gasteiger partial charge in [0.05, 0.1) is 17.6 Å². The molecular weight excluding hydrogens is 320 g/mol. The average molecular weight is 342 g/mol. The van der Waals surface area contributed by atoms with E-state index in [1.54, 1.807) is 6.92 Å². The summed E-state index contributed by atoms with van der Waals surface area (Å²) in [7, 11) is 0. The highest BCUT2D eigenvalue weighted by Gasteiger charge is 2.19. The number of nitrogens with zero attached hydrogens (tertiary/aromatic N) is 1. The monoisotopic (exact) mass is 342 g/mol. The molecule has 0 spiro atoms. The lowest BCUT2D eigenvalue weighted by Gasteiger charge is -2.15. The van der Waals surface area contributed by atoms with Crippen molar-refractivity contribution in [2.45, 2.75) is 33.2 Å². The third kappa shape index (κ3) is 4.56. The number of aryl methyl sites for hydroxylation is 1. The first-order valence-electron chi connectivity index (χ1n) is 8.27. The first kappa shape index (κ1) is 18.4. The predicted octanol–water partition coefficient (Wildman–Crippen LogP) is 4.05. The quantitative estimate of drug-likeness (QED) is 0.608. The molecule has 0 aliphatic heterocycles. The predicted molar refractivity (Wildman–Crippen MR) is 96.0 cm³/mol. The van der Waals surface area contributed by atoms with Gasteiger partial charge < -0.3 is 10.1 Å². The summed E-state index contributed by atoms with van der Waals surface area (Å²) in [5.41, 5.74) is 2.22. The van der Waals surface area contributed by atoms with Gasteiger partial charge >= 0.3 is 5.69 Å². The third-order valence-corrected chi connectivity index (χ3v) is 3.95. The Balaban J connectivity index is 2.16. The van der Waals surface area contributed by atoms with Gasteiger partial charge in [-0.05, 0) is 43.5 Å². The van der Waals surface area contributed by atoms with Gasteiger partial charge in [0.25, 0.3) is 5.91 Å². The molecule has 0 fully saturated rings. The van der Waals surface area contributed by atoms with Crippen molar-refractivity contribution >= 4 is 11.6 Å². The second kappa shape index (κ2) is 8.28. The van der Waals surface area contributed by atoms with Crippen LogP contribution in [0.1, 0.15) is 48.3 Å². The highest BCUT2D eigenvalue weighted by atomic mass is 16.6. The maximum Gasteiger partial charge on any atom is 0.311 e. The van der Waals surface area contributed by atoms with Gasteiger partial charge in [-0.1, -0.05) is 31.2 Å². The average Bonchev–Trinajstić information content (AvgIpc) is 2.62. The van der Waals surface area contributed by atoms with Crippen LogP contribution in [0.2, 0.25) is 0 Å². The van der Waals surface area contributed by atoms with Gasteiger partial charge in [-0.3, -0.25) is 14.9 Å². The van der Waals surface area contributed by atoms with Crippen molar-refractivity contribution in [3.63, 3.8) is 0 Å². The lowest BCUT2D eigenvalue weighted by atomic mass is 10.0. The molecule has 0 saturated carbocycles. The summed E-state index contributed by atoms with van der Waals surface area (Å²) in [6, 6.07) is 12.0. The van der Waals surface area contributed by atoms with E-state index < -0.39 is 4.92 Å². The summed E-state index contributed by atoms with van der Waals surface area (Å²) in [6.07, 6.45) is 0.955. The standard InChI is InChI=1S/C19H22N2O4/c1-4-14-6-8-15(9-7-14)13(3)20-19(22)16-10-11-18(25-5-2)17(12-16)21(23)24/h6-13H,4-5H2,1-3H3,(H,20,22). The number of hydrogen-bond acceptors (Lipinski definition) is 4. The molecule has 6 nitrogen and oxygen atoms in total. The number of amides is 1. The number of ether oxygens (including phenoxy) is 1. The summed E-state index contributed by atoms with van der Waals surface area (Å²) >= 11 is 0. The van der Waals surface area contributed by atoms with Crippen molar-refractivity contribution in [1.82, 2.24) is 5.32 Å². The molecular formula is C19H22N2O4. The Bertz CT molecular complexity index is 757. The molecule has 1 unspecified atom stereocenters. The van der Waals surface area contributed by atoms with E-state index in [1.165, 1.54) is 23.8 Å². The van der Waals surface area contributed by atoms with E-state index in [1.807, 2.05) is 31.2 Å². The highest BCUT2D eigenvalue weighted by molar-refractivity contribution is 5.95. The van der Waals surface area contributed by atoms with E-state index in [0.29, 0.717) is 6.61 Å². The van der Waals surface area contributed by atoms with E-state index in [4.69, 9.17) is 4.74 Å². The zero-order chi connectivity index (χ0) is 18.4. The number of rotatable bonds is 7. The van der Waals surface area contributed by atoms with Crippen molar-refractivity contribution in [1.29, 1.82) is 0 Å². The zero-order valence-electron chi connectivity index (χ0n) is 14.6. The number of carbonyl (C=O) groups excluding carboxylic acids is 1. The Hall–Kier alpha value is -2.89. The lowest BCUT2D eigenvalue weighted by Crippen LogP contribution is -2.26. The summed E-state index contributed by atoms with van der Waals surface area (Å²) in [4.78, 5) is 23.0. The van der Waals surface area contributed by atoms with Crippen LogP contribution in [-0.4, -0.2) is 17.4 Å². The van der Waals surface area contributed by atoms with Crippen LogP contribution in [0.5, 0.6) is 5.75 Å². The van der Waals surface area contributed by atoms with Crippen LogP contribution in [0, 0.1) is 10.1 Å². The Morgan fingerprint density at radius 3 is 2.44 bits per heavy atom. The van der Waals surface area contributed by atoms with E-state index in [9.17, 15) is 14.9 Å². The van der Waals surface area contributed by atoms with Crippen LogP contribution in [0.4, 0.5) is 5.69 Å². The Morgan fingerprint density at radius 2 is 1.88 bits per heavy atom. The minimum Gasteiger partial charge on any atom is -0.487 e. The van der Waals surface area contributed by atoms with Crippen LogP contribution in [0.25, 0.3) is 0 Å². The van der Waals surface area contributed by atoms with Crippen molar-refractivity contribution in [2.75, 3.05) is 6.61 Å². The second-order valence-corrected chi connectivity index (χ2v) is 5.66. The summed E-state index contributed by atoms with van der Waals surface area (Å²) in [6.45, 7) is 6.02. The van der Waals surface area contributed by atoms with Crippen LogP contribution in [0.15, 0.2) is 42.5 Å². The Labute approximate surface area is 147 Å². The van der Waals surface area contributed by atoms with Gasteiger partial charge in [0.2, 0.25) is 0 Å². The first-order valence-corrected chi connectivity index (χ1v) is 8.27. The fourth-order valence-corrected chi connectivity index (χ4v) is 2.48. The SMILES string of the molecule is CCOc1ccc(C(=O)NC(C)c2ccc(CC)cc2)cc1[N+](=O)[O-]. The number of nitrogens with one attached hydrogen (secondary N) is 1. The molecule has 0 aromatic heterocycles. The fraction of sp³-hybridized carbons (Fsp3) is 0.316. The van der Waals surface area contributed by atoms with Gasteiger partial charge in [-0.25, -0.2) is 0 Å². The topological polar surface area (TPSA) is 81.5 Å². The van der Waals surface area contributed by atoms with Crippen LogP contribution < -0.4 is 10.1 Å². The highest BCUT2D eigenvalue weighted by Crippen LogP contribution is 2.28. The van der Waals surface area contributed by atoms with Gasteiger partial charge in [0.15, 0.2) is 5.75 Å². The minimum atomic E-state index is -0.547. The number of nitro benzene ring substituents is 1. The number of hydrogen-bond donors (Lipinski definition) is 1. The normalized spacial score (nSPS) is 11.6. The number of benzene rings is 2. The van der Waals surface area contributed by atoms with Crippen molar-refractivity contribution in [3.05, 3.63) is 69.3 Å². The van der Waals surface area contributed by atoms with E-state index in [2.05, 4.69) is 12.2 Å². The Kier molecular flexibility index (Phi) is 6.11. The first-order chi connectivity index (χ1) is 12.0. The molecule has 0 radical (unpaired) electrons. The van der Waals surface area contributed by atoms with Gasteiger partial charge in [-0.2, -0.15) is 0 Å². The van der Waals surface area contributed by atoms with Gasteiger partial charge in [0, 0.05) is 11.6 Å². The summed E-state index contributed by atoms with van der Waals surface area (Å²) in [5, 5.41) is 14.0. The largest absolute Gasteiger partial charge is 0.487 e. The molecule has 0 aliphatic rings. The van der Waals surface area contributed by atoms with Gasteiger partial charge in [-0.15, -0.1) is 0 Å². The van der Waals surface area contributed by atoms with E-state index >= 15 is 0 Å². The maximum atomic E-state index is 12.4. The smallest absolute Gasteiger partial charge is 0.311 e. The lowest BCUT2D eigenvalue weighted by molar-refractivity contribution is -0.385. The fourth-order valence-electron chi connectivity index (χ4n) is 2.48. The third-order valence-electron chi connectivity index (χ3n) is 3.95. The maximum absolute atomic E-state index is 12.4. The molecule has 1 atom stereocenters. The van der Waals surface area contributed by atoms with E-state index in [-0.39, 0.29) is 28.9 Å². The molecule has 2 rings (SSSR count).